The molecule has 0 aliphatic carbocycles. The molecular weight excluding hydrogens is 296 g/mol. The number of aromatic nitrogens is 2. The topological polar surface area (TPSA) is 25.8 Å². The summed E-state index contributed by atoms with van der Waals surface area (Å²) >= 11 is 11.1. The highest BCUT2D eigenvalue weighted by Crippen LogP contribution is 2.24. The molecule has 0 amide bonds. The third-order valence-corrected chi connectivity index (χ3v) is 4.52. The molecule has 0 aliphatic heterocycles. The van der Waals surface area contributed by atoms with Crippen LogP contribution in [0.4, 0.5) is 0 Å². The molecule has 0 atom stereocenters. The average Bonchev–Trinajstić information content (AvgIpc) is 2.13. The number of nitrogens with zero attached hydrogens (tertiary/aromatic N) is 2. The summed E-state index contributed by atoms with van der Waals surface area (Å²) in [6.07, 6.45) is 0. The van der Waals surface area contributed by atoms with E-state index in [1.807, 2.05) is 18.7 Å². The Bertz CT molecular complexity index is 321. The molecule has 0 aliphatic rings. The first-order chi connectivity index (χ1) is 7.00. The fourth-order valence-corrected chi connectivity index (χ4v) is 2.34. The zero-order valence-corrected chi connectivity index (χ0v) is 12.2. The molecule has 0 radical (unpaired) electrons. The van der Waals surface area contributed by atoms with Crippen LogP contribution in [-0.4, -0.2) is 15.7 Å². The van der Waals surface area contributed by atoms with Crippen LogP contribution in [0.3, 0.4) is 0 Å². The number of halogens is 2. The Balaban J connectivity index is 2.63. The summed E-state index contributed by atoms with van der Waals surface area (Å²) in [6.45, 7) is 6.33. The lowest BCUT2D eigenvalue weighted by Crippen LogP contribution is -1.99. The summed E-state index contributed by atoms with van der Waals surface area (Å²) in [6, 6.07) is 0. The minimum absolute atomic E-state index is 0.502. The van der Waals surface area contributed by atoms with Gasteiger partial charge in [-0.15, -0.1) is 0 Å². The van der Waals surface area contributed by atoms with Gasteiger partial charge < -0.3 is 0 Å². The van der Waals surface area contributed by atoms with Gasteiger partial charge in [0.05, 0.1) is 15.9 Å². The highest BCUT2D eigenvalue weighted by Gasteiger charge is 2.07. The van der Waals surface area contributed by atoms with E-state index >= 15 is 0 Å². The van der Waals surface area contributed by atoms with E-state index in [9.17, 15) is 0 Å². The molecule has 0 unspecified atom stereocenters. The molecule has 0 bridgehead atoms. The van der Waals surface area contributed by atoms with Crippen LogP contribution >= 0.6 is 39.3 Å². The van der Waals surface area contributed by atoms with Gasteiger partial charge in [-0.25, -0.2) is 9.97 Å². The van der Waals surface area contributed by atoms with Gasteiger partial charge in [-0.05, 0) is 34.5 Å². The van der Waals surface area contributed by atoms with Crippen molar-refractivity contribution < 1.29 is 0 Å². The molecule has 0 fully saturated rings. The summed E-state index contributed by atoms with van der Waals surface area (Å²) in [7, 11) is 0. The highest BCUT2D eigenvalue weighted by molar-refractivity contribution is 9.10. The number of rotatable bonds is 4. The number of thioether (sulfide) groups is 1. The van der Waals surface area contributed by atoms with Crippen LogP contribution in [0.2, 0.25) is 5.15 Å². The number of aryl methyl sites for hydroxylation is 1. The molecule has 0 aromatic carbocycles. The van der Waals surface area contributed by atoms with Gasteiger partial charge >= 0.3 is 0 Å². The third-order valence-electron chi connectivity index (χ3n) is 1.71. The Hall–Kier alpha value is 0.200. The van der Waals surface area contributed by atoms with E-state index in [4.69, 9.17) is 11.6 Å². The van der Waals surface area contributed by atoms with Gasteiger partial charge in [0.1, 0.15) is 11.0 Å². The van der Waals surface area contributed by atoms with Gasteiger partial charge in [0.15, 0.2) is 0 Å². The van der Waals surface area contributed by atoms with E-state index < -0.39 is 0 Å². The zero-order valence-electron chi connectivity index (χ0n) is 9.05. The van der Waals surface area contributed by atoms with Crippen molar-refractivity contribution in [2.75, 3.05) is 5.75 Å². The van der Waals surface area contributed by atoms with Crippen LogP contribution in [0.15, 0.2) is 4.47 Å². The summed E-state index contributed by atoms with van der Waals surface area (Å²) < 4.78 is 0.793. The van der Waals surface area contributed by atoms with Gasteiger partial charge in [0.25, 0.3) is 0 Å². The molecule has 0 saturated heterocycles. The Labute approximate surface area is 108 Å². The first-order valence-electron chi connectivity index (χ1n) is 4.77. The van der Waals surface area contributed by atoms with Crippen LogP contribution in [0, 0.1) is 12.8 Å². The van der Waals surface area contributed by atoms with Crippen molar-refractivity contribution in [2.24, 2.45) is 5.92 Å². The normalized spacial score (nSPS) is 11.1. The molecule has 0 spiro atoms. The van der Waals surface area contributed by atoms with Crippen LogP contribution in [0.1, 0.15) is 25.4 Å². The molecule has 0 N–H and O–H groups in total. The minimum atomic E-state index is 0.502. The van der Waals surface area contributed by atoms with E-state index in [0.717, 1.165) is 27.5 Å². The molecule has 1 rings (SSSR count). The van der Waals surface area contributed by atoms with Gasteiger partial charge in [-0.3, -0.25) is 0 Å². The lowest BCUT2D eigenvalue weighted by Gasteiger charge is -2.06. The maximum absolute atomic E-state index is 5.95. The van der Waals surface area contributed by atoms with Crippen LogP contribution in [0.25, 0.3) is 0 Å². The summed E-state index contributed by atoms with van der Waals surface area (Å²) in [4.78, 5) is 8.58. The van der Waals surface area contributed by atoms with Crippen molar-refractivity contribution in [1.29, 1.82) is 0 Å². The van der Waals surface area contributed by atoms with Crippen LogP contribution < -0.4 is 0 Å². The van der Waals surface area contributed by atoms with E-state index in [1.165, 1.54) is 0 Å². The monoisotopic (exact) mass is 308 g/mol. The van der Waals surface area contributed by atoms with Crippen molar-refractivity contribution in [3.63, 3.8) is 0 Å². The lowest BCUT2D eigenvalue weighted by atomic mass is 10.3. The fraction of sp³-hybridized carbons (Fsp3) is 0.600. The van der Waals surface area contributed by atoms with Gasteiger partial charge in [0, 0.05) is 0 Å². The molecule has 15 heavy (non-hydrogen) atoms. The van der Waals surface area contributed by atoms with E-state index in [1.54, 1.807) is 0 Å². The first-order valence-corrected chi connectivity index (χ1v) is 7.09. The summed E-state index contributed by atoms with van der Waals surface area (Å²) in [5.41, 5.74) is 0.898. The first kappa shape index (κ1) is 13.3. The second-order valence-corrected chi connectivity index (χ2v) is 5.92. The maximum atomic E-state index is 5.95. The smallest absolute Gasteiger partial charge is 0.147 e. The quantitative estimate of drug-likeness (QED) is 0.783. The van der Waals surface area contributed by atoms with E-state index in [-0.39, 0.29) is 0 Å². The standard InChI is InChI=1S/C10H14BrClN2S/c1-6(2)4-15-5-8-13-7(3)9(11)10(12)14-8/h6H,4-5H2,1-3H3. The number of hydrogen-bond acceptors (Lipinski definition) is 3. The maximum Gasteiger partial charge on any atom is 0.147 e. The average molecular weight is 310 g/mol. The van der Waals surface area contributed by atoms with Crippen molar-refractivity contribution in [3.05, 3.63) is 21.1 Å². The van der Waals surface area contributed by atoms with Gasteiger partial charge in [-0.2, -0.15) is 11.8 Å². The van der Waals surface area contributed by atoms with E-state index in [2.05, 4.69) is 39.7 Å². The Morgan fingerprint density at radius 1 is 1.40 bits per heavy atom. The van der Waals surface area contributed by atoms with Gasteiger partial charge in [0.2, 0.25) is 0 Å². The molecule has 2 nitrogen and oxygen atoms in total. The minimum Gasteiger partial charge on any atom is -0.236 e. The summed E-state index contributed by atoms with van der Waals surface area (Å²) in [5.74, 6) is 3.45. The Morgan fingerprint density at radius 3 is 2.60 bits per heavy atom. The fourth-order valence-electron chi connectivity index (χ4n) is 1.03. The Morgan fingerprint density at radius 2 is 2.07 bits per heavy atom. The molecule has 84 valence electrons. The van der Waals surface area contributed by atoms with Crippen molar-refractivity contribution in [3.8, 4) is 0 Å². The molecule has 1 aromatic rings. The predicted octanol–water partition coefficient (Wildman–Crippen LogP) is 4.09. The zero-order chi connectivity index (χ0) is 11.4. The predicted molar refractivity (Wildman–Crippen MR) is 70.5 cm³/mol. The lowest BCUT2D eigenvalue weighted by molar-refractivity contribution is 0.749. The van der Waals surface area contributed by atoms with E-state index in [0.29, 0.717) is 11.1 Å². The second-order valence-electron chi connectivity index (χ2n) is 3.74. The second kappa shape index (κ2) is 6.06. The Kier molecular flexibility index (Phi) is 5.36. The van der Waals surface area contributed by atoms with Crippen molar-refractivity contribution >= 4 is 39.3 Å². The van der Waals surface area contributed by atoms with Crippen molar-refractivity contribution in [2.45, 2.75) is 26.5 Å². The molecular formula is C10H14BrClN2S. The van der Waals surface area contributed by atoms with Crippen LogP contribution in [-0.2, 0) is 5.75 Å². The SMILES string of the molecule is Cc1nc(CSCC(C)C)nc(Cl)c1Br. The molecule has 1 aromatic heterocycles. The summed E-state index contributed by atoms with van der Waals surface area (Å²) in [5, 5.41) is 0.502. The van der Waals surface area contributed by atoms with Crippen LogP contribution in [0.5, 0.6) is 0 Å². The highest BCUT2D eigenvalue weighted by atomic mass is 79.9. The molecule has 5 heteroatoms. The largest absolute Gasteiger partial charge is 0.236 e. The van der Waals surface area contributed by atoms with Crippen molar-refractivity contribution in [1.82, 2.24) is 9.97 Å². The molecule has 1 heterocycles. The molecule has 0 saturated carbocycles. The third kappa shape index (κ3) is 4.29. The van der Waals surface area contributed by atoms with Gasteiger partial charge in [-0.1, -0.05) is 25.4 Å². The number of hydrogen-bond donors (Lipinski definition) is 0.